The molecule has 1 aromatic carbocycles. The third-order valence-corrected chi connectivity index (χ3v) is 4.51. The van der Waals surface area contributed by atoms with Crippen LogP contribution in [0.5, 0.6) is 0 Å². The highest BCUT2D eigenvalue weighted by Crippen LogP contribution is 2.36. The normalized spacial score (nSPS) is 21.7. The molecular weight excluding hydrogens is 314 g/mol. The number of piperidine rings is 1. The number of benzene rings is 1. The van der Waals surface area contributed by atoms with Crippen LogP contribution in [0.25, 0.3) is 0 Å². The SMILES string of the molecule is CC(C)(C)OC(=O)N1CCCC([C@@](C)(O)c2cccc(Cl)c2)C1. The molecule has 1 saturated heterocycles. The number of nitrogens with zero attached hydrogens (tertiary/aromatic N) is 1. The third-order valence-electron chi connectivity index (χ3n) is 4.28. The number of carbonyl (C=O) groups excluding carboxylic acids is 1. The number of amides is 1. The number of hydrogen-bond acceptors (Lipinski definition) is 3. The largest absolute Gasteiger partial charge is 0.444 e. The predicted octanol–water partition coefficient (Wildman–Crippen LogP) is 4.19. The summed E-state index contributed by atoms with van der Waals surface area (Å²) < 4.78 is 5.45. The van der Waals surface area contributed by atoms with Crippen LogP contribution < -0.4 is 0 Å². The average Bonchev–Trinajstić information content (AvgIpc) is 2.45. The molecule has 128 valence electrons. The molecule has 23 heavy (non-hydrogen) atoms. The Balaban J connectivity index is 2.12. The summed E-state index contributed by atoms with van der Waals surface area (Å²) in [5, 5.41) is 11.6. The van der Waals surface area contributed by atoms with Crippen LogP contribution in [0, 0.1) is 5.92 Å². The predicted molar refractivity (Wildman–Crippen MR) is 91.6 cm³/mol. The summed E-state index contributed by atoms with van der Waals surface area (Å²) in [6.45, 7) is 8.50. The van der Waals surface area contributed by atoms with Crippen LogP contribution in [0.15, 0.2) is 24.3 Å². The van der Waals surface area contributed by atoms with E-state index in [0.29, 0.717) is 18.1 Å². The second kappa shape index (κ2) is 6.70. The van der Waals surface area contributed by atoms with E-state index in [1.165, 1.54) is 0 Å². The van der Waals surface area contributed by atoms with Crippen LogP contribution in [-0.2, 0) is 10.3 Å². The van der Waals surface area contributed by atoms with Gasteiger partial charge in [-0.25, -0.2) is 4.79 Å². The standard InChI is InChI=1S/C18H26ClNO3/c1-17(2,3)23-16(21)20-10-6-8-14(12-20)18(4,22)13-7-5-9-15(19)11-13/h5,7,9,11,14,22H,6,8,10,12H2,1-4H3/t14?,18-/m0/s1. The number of rotatable bonds is 2. The Hall–Kier alpha value is -1.26. The van der Waals surface area contributed by atoms with Crippen LogP contribution in [0.3, 0.4) is 0 Å². The van der Waals surface area contributed by atoms with Gasteiger partial charge in [0.1, 0.15) is 5.60 Å². The van der Waals surface area contributed by atoms with E-state index >= 15 is 0 Å². The first-order valence-corrected chi connectivity index (χ1v) is 8.44. The number of likely N-dealkylation sites (tertiary alicyclic amines) is 1. The summed E-state index contributed by atoms with van der Waals surface area (Å²) in [6, 6.07) is 7.28. The van der Waals surface area contributed by atoms with Crippen LogP contribution >= 0.6 is 11.6 Å². The second-order valence-electron chi connectivity index (χ2n) is 7.42. The molecule has 1 aliphatic rings. The molecule has 0 saturated carbocycles. The lowest BCUT2D eigenvalue weighted by atomic mass is 9.78. The minimum atomic E-state index is -1.04. The van der Waals surface area contributed by atoms with Gasteiger partial charge in [0.15, 0.2) is 0 Å². The fourth-order valence-electron chi connectivity index (χ4n) is 2.97. The van der Waals surface area contributed by atoms with Crippen molar-refractivity contribution in [2.75, 3.05) is 13.1 Å². The summed E-state index contributed by atoms with van der Waals surface area (Å²) >= 11 is 6.05. The van der Waals surface area contributed by atoms with Gasteiger partial charge in [0, 0.05) is 24.0 Å². The summed E-state index contributed by atoms with van der Waals surface area (Å²) in [6.07, 6.45) is 1.39. The molecule has 2 atom stereocenters. The summed E-state index contributed by atoms with van der Waals surface area (Å²) in [4.78, 5) is 14.0. The molecule has 1 aliphatic heterocycles. The highest BCUT2D eigenvalue weighted by molar-refractivity contribution is 6.30. The Bertz CT molecular complexity index is 566. The van der Waals surface area contributed by atoms with Gasteiger partial charge in [-0.2, -0.15) is 0 Å². The highest BCUT2D eigenvalue weighted by atomic mass is 35.5. The zero-order valence-electron chi connectivity index (χ0n) is 14.3. The van der Waals surface area contributed by atoms with Crippen LogP contribution in [0.2, 0.25) is 5.02 Å². The van der Waals surface area contributed by atoms with E-state index in [-0.39, 0.29) is 12.0 Å². The maximum atomic E-state index is 12.3. The zero-order chi connectivity index (χ0) is 17.3. The summed E-state index contributed by atoms with van der Waals surface area (Å²) in [7, 11) is 0. The fourth-order valence-corrected chi connectivity index (χ4v) is 3.16. The molecule has 0 aromatic heterocycles. The van der Waals surface area contributed by atoms with Crippen LogP contribution in [0.4, 0.5) is 4.79 Å². The van der Waals surface area contributed by atoms with Crippen molar-refractivity contribution in [1.29, 1.82) is 0 Å². The van der Waals surface area contributed by atoms with E-state index in [9.17, 15) is 9.90 Å². The Morgan fingerprint density at radius 1 is 1.35 bits per heavy atom. The monoisotopic (exact) mass is 339 g/mol. The average molecular weight is 340 g/mol. The van der Waals surface area contributed by atoms with Crippen LogP contribution in [0.1, 0.15) is 46.1 Å². The topological polar surface area (TPSA) is 49.8 Å². The number of aliphatic hydroxyl groups is 1. The molecule has 1 fully saturated rings. The van der Waals surface area contributed by atoms with Crippen molar-refractivity contribution in [1.82, 2.24) is 4.90 Å². The van der Waals surface area contributed by atoms with Crippen LogP contribution in [-0.4, -0.2) is 34.8 Å². The Morgan fingerprint density at radius 2 is 2.04 bits per heavy atom. The molecular formula is C18H26ClNO3. The lowest BCUT2D eigenvalue weighted by molar-refractivity contribution is -0.0438. The first kappa shape index (κ1) is 18.1. The third kappa shape index (κ3) is 4.61. The van der Waals surface area contributed by atoms with Crippen molar-refractivity contribution in [3.8, 4) is 0 Å². The van der Waals surface area contributed by atoms with E-state index in [1.807, 2.05) is 32.9 Å². The number of ether oxygens (including phenoxy) is 1. The van der Waals surface area contributed by atoms with E-state index in [0.717, 1.165) is 18.4 Å². The second-order valence-corrected chi connectivity index (χ2v) is 7.86. The van der Waals surface area contributed by atoms with Crippen molar-refractivity contribution in [3.05, 3.63) is 34.9 Å². The molecule has 4 nitrogen and oxygen atoms in total. The zero-order valence-corrected chi connectivity index (χ0v) is 15.1. The number of carbonyl (C=O) groups is 1. The van der Waals surface area contributed by atoms with Gasteiger partial charge in [-0.15, -0.1) is 0 Å². The van der Waals surface area contributed by atoms with Gasteiger partial charge >= 0.3 is 6.09 Å². The first-order valence-electron chi connectivity index (χ1n) is 8.06. The molecule has 0 spiro atoms. The van der Waals surface area contributed by atoms with Crippen molar-refractivity contribution < 1.29 is 14.6 Å². The van der Waals surface area contributed by atoms with Gasteiger partial charge in [0.2, 0.25) is 0 Å². The summed E-state index contributed by atoms with van der Waals surface area (Å²) in [5.41, 5.74) is -0.772. The molecule has 5 heteroatoms. The Labute approximate surface area is 143 Å². The molecule has 1 unspecified atom stereocenters. The molecule has 0 bridgehead atoms. The first-order chi connectivity index (χ1) is 10.6. The van der Waals surface area contributed by atoms with E-state index in [2.05, 4.69) is 0 Å². The van der Waals surface area contributed by atoms with Gasteiger partial charge in [0.05, 0.1) is 5.60 Å². The van der Waals surface area contributed by atoms with Gasteiger partial charge in [0.25, 0.3) is 0 Å². The Kier molecular flexibility index (Phi) is 5.27. The van der Waals surface area contributed by atoms with Crippen molar-refractivity contribution in [2.24, 2.45) is 5.92 Å². The quantitative estimate of drug-likeness (QED) is 0.878. The smallest absolute Gasteiger partial charge is 0.410 e. The van der Waals surface area contributed by atoms with Crippen molar-refractivity contribution in [3.63, 3.8) is 0 Å². The van der Waals surface area contributed by atoms with Gasteiger partial charge < -0.3 is 14.7 Å². The molecule has 0 aliphatic carbocycles. The van der Waals surface area contributed by atoms with E-state index in [4.69, 9.17) is 16.3 Å². The minimum Gasteiger partial charge on any atom is -0.444 e. The molecule has 1 N–H and O–H groups in total. The summed E-state index contributed by atoms with van der Waals surface area (Å²) in [5.74, 6) is -0.0535. The lowest BCUT2D eigenvalue weighted by Gasteiger charge is -2.41. The van der Waals surface area contributed by atoms with E-state index < -0.39 is 11.2 Å². The fraction of sp³-hybridized carbons (Fsp3) is 0.611. The van der Waals surface area contributed by atoms with Crippen molar-refractivity contribution >= 4 is 17.7 Å². The molecule has 1 amide bonds. The molecule has 1 aromatic rings. The molecule has 0 radical (unpaired) electrons. The number of hydrogen-bond donors (Lipinski definition) is 1. The lowest BCUT2D eigenvalue weighted by Crippen LogP contribution is -2.48. The van der Waals surface area contributed by atoms with E-state index in [1.54, 1.807) is 24.0 Å². The minimum absolute atomic E-state index is 0.0535. The highest BCUT2D eigenvalue weighted by Gasteiger charge is 2.38. The Morgan fingerprint density at radius 3 is 2.65 bits per heavy atom. The maximum absolute atomic E-state index is 12.3. The molecule has 1 heterocycles. The van der Waals surface area contributed by atoms with Gasteiger partial charge in [-0.1, -0.05) is 23.7 Å². The van der Waals surface area contributed by atoms with Gasteiger partial charge in [-0.05, 0) is 58.2 Å². The van der Waals surface area contributed by atoms with Crippen molar-refractivity contribution in [2.45, 2.75) is 51.7 Å². The number of halogens is 1. The maximum Gasteiger partial charge on any atom is 0.410 e. The van der Waals surface area contributed by atoms with Gasteiger partial charge in [-0.3, -0.25) is 0 Å². The molecule has 2 rings (SSSR count).